The van der Waals surface area contributed by atoms with E-state index in [2.05, 4.69) is 11.2 Å². The van der Waals surface area contributed by atoms with E-state index in [1.165, 1.54) is 15.2 Å². The third-order valence-electron chi connectivity index (χ3n) is 5.12. The molecule has 142 valence electrons. The molecule has 1 atom stereocenters. The highest BCUT2D eigenvalue weighted by molar-refractivity contribution is 7.88. The van der Waals surface area contributed by atoms with Gasteiger partial charge in [0.25, 0.3) is 0 Å². The molecule has 0 amide bonds. The summed E-state index contributed by atoms with van der Waals surface area (Å²) < 4.78 is 28.2. The van der Waals surface area contributed by atoms with Crippen molar-refractivity contribution in [3.8, 4) is 0 Å². The van der Waals surface area contributed by atoms with Crippen molar-refractivity contribution in [3.63, 3.8) is 0 Å². The van der Waals surface area contributed by atoms with Gasteiger partial charge in [-0.2, -0.15) is 5.10 Å². The highest BCUT2D eigenvalue weighted by Gasteiger charge is 2.30. The first-order chi connectivity index (χ1) is 12.2. The van der Waals surface area contributed by atoms with Crippen molar-refractivity contribution in [3.05, 3.63) is 51.2 Å². The summed E-state index contributed by atoms with van der Waals surface area (Å²) in [7, 11) is -1.52. The zero-order valence-electron chi connectivity index (χ0n) is 15.8. The molecule has 8 heteroatoms. The van der Waals surface area contributed by atoms with Gasteiger partial charge in [0.05, 0.1) is 12.8 Å². The van der Waals surface area contributed by atoms with E-state index < -0.39 is 10.0 Å². The van der Waals surface area contributed by atoms with Crippen LogP contribution in [0.4, 0.5) is 0 Å². The van der Waals surface area contributed by atoms with Crippen LogP contribution >= 0.6 is 0 Å². The highest BCUT2D eigenvalue weighted by Crippen LogP contribution is 2.26. The monoisotopic (exact) mass is 378 g/mol. The normalized spacial score (nSPS) is 19.0. The number of piperidine rings is 1. The average Bonchev–Trinajstić information content (AvgIpc) is 2.86. The van der Waals surface area contributed by atoms with Gasteiger partial charge < -0.3 is 0 Å². The summed E-state index contributed by atoms with van der Waals surface area (Å²) in [4.78, 5) is 12.6. The predicted molar refractivity (Wildman–Crippen MR) is 101 cm³/mol. The van der Waals surface area contributed by atoms with Crippen LogP contribution in [0.25, 0.3) is 0 Å². The van der Waals surface area contributed by atoms with E-state index >= 15 is 0 Å². The fraction of sp³-hybridized carbons (Fsp3) is 0.556. The highest BCUT2D eigenvalue weighted by atomic mass is 32.2. The number of aromatic nitrogens is 3. The molecule has 0 bridgehead atoms. The lowest BCUT2D eigenvalue weighted by atomic mass is 9.99. The quantitative estimate of drug-likeness (QED) is 0.805. The summed E-state index contributed by atoms with van der Waals surface area (Å²) in [5.74, 6) is 0.602. The molecule has 1 aliphatic heterocycles. The van der Waals surface area contributed by atoms with E-state index in [9.17, 15) is 13.2 Å². The Morgan fingerprint density at radius 2 is 2.00 bits per heavy atom. The zero-order valence-corrected chi connectivity index (χ0v) is 16.6. The van der Waals surface area contributed by atoms with Gasteiger partial charge in [-0.15, -0.1) is 0 Å². The molecule has 1 unspecified atom stereocenters. The van der Waals surface area contributed by atoms with Gasteiger partial charge in [0.1, 0.15) is 5.82 Å². The van der Waals surface area contributed by atoms with Crippen LogP contribution in [0.1, 0.15) is 41.3 Å². The second-order valence-corrected chi connectivity index (χ2v) is 9.23. The minimum atomic E-state index is -3.23. The van der Waals surface area contributed by atoms with Gasteiger partial charge in [0.15, 0.2) is 0 Å². The summed E-state index contributed by atoms with van der Waals surface area (Å²) in [5, 5.41) is 4.56. The summed E-state index contributed by atoms with van der Waals surface area (Å²) >= 11 is 0. The smallest absolute Gasteiger partial charge is 0.282 e. The molecular weight excluding hydrogens is 352 g/mol. The van der Waals surface area contributed by atoms with Gasteiger partial charge in [0.2, 0.25) is 10.0 Å². The van der Waals surface area contributed by atoms with E-state index in [-0.39, 0.29) is 11.6 Å². The Hall–Kier alpha value is -1.93. The molecule has 1 aromatic carbocycles. The number of sulfonamides is 1. The van der Waals surface area contributed by atoms with Crippen LogP contribution in [0.3, 0.4) is 0 Å². The Balaban J connectivity index is 1.90. The van der Waals surface area contributed by atoms with Gasteiger partial charge in [-0.1, -0.05) is 23.8 Å². The van der Waals surface area contributed by atoms with Crippen molar-refractivity contribution in [2.75, 3.05) is 19.3 Å². The van der Waals surface area contributed by atoms with Gasteiger partial charge in [-0.3, -0.25) is 4.57 Å². The second-order valence-electron chi connectivity index (χ2n) is 7.25. The van der Waals surface area contributed by atoms with Gasteiger partial charge in [0, 0.05) is 26.1 Å². The number of benzene rings is 1. The first-order valence-corrected chi connectivity index (χ1v) is 10.7. The fourth-order valence-electron chi connectivity index (χ4n) is 3.55. The lowest BCUT2D eigenvalue weighted by Gasteiger charge is -2.30. The minimum absolute atomic E-state index is 0.0592. The summed E-state index contributed by atoms with van der Waals surface area (Å²) in [6.07, 6.45) is 2.84. The lowest BCUT2D eigenvalue weighted by molar-refractivity contribution is 0.307. The molecule has 7 nitrogen and oxygen atoms in total. The van der Waals surface area contributed by atoms with E-state index in [4.69, 9.17) is 0 Å². The van der Waals surface area contributed by atoms with E-state index in [1.807, 2.05) is 26.0 Å². The zero-order chi connectivity index (χ0) is 19.1. The minimum Gasteiger partial charge on any atom is -0.282 e. The van der Waals surface area contributed by atoms with Gasteiger partial charge >= 0.3 is 5.69 Å². The van der Waals surface area contributed by atoms with Crippen molar-refractivity contribution in [2.24, 2.45) is 7.05 Å². The molecule has 3 rings (SSSR count). The van der Waals surface area contributed by atoms with Crippen LogP contribution in [0.2, 0.25) is 0 Å². The predicted octanol–water partition coefficient (Wildman–Crippen LogP) is 1.39. The maximum absolute atomic E-state index is 12.6. The molecule has 1 aliphatic rings. The summed E-state index contributed by atoms with van der Waals surface area (Å²) in [6, 6.07) is 6.17. The third kappa shape index (κ3) is 3.76. The number of rotatable bonds is 4. The largest absolute Gasteiger partial charge is 0.345 e. The molecular formula is C18H26N4O3S. The topological polar surface area (TPSA) is 77.2 Å². The van der Waals surface area contributed by atoms with Crippen LogP contribution in [0, 0.1) is 13.8 Å². The molecule has 2 heterocycles. The molecule has 0 N–H and O–H groups in total. The third-order valence-corrected chi connectivity index (χ3v) is 6.39. The fourth-order valence-corrected chi connectivity index (χ4v) is 4.46. The number of nitrogens with zero attached hydrogens (tertiary/aromatic N) is 4. The summed E-state index contributed by atoms with van der Waals surface area (Å²) in [5.41, 5.74) is 3.16. The SMILES string of the molecule is Cc1ccc(C)c(Cn2nc(C3CCCN(S(C)(=O)=O)C3)n(C)c2=O)c1. The van der Waals surface area contributed by atoms with Crippen LogP contribution < -0.4 is 5.69 Å². The Kier molecular flexibility index (Phi) is 5.07. The van der Waals surface area contributed by atoms with E-state index in [0.717, 1.165) is 29.5 Å². The van der Waals surface area contributed by atoms with Crippen LogP contribution in [0.5, 0.6) is 0 Å². The van der Waals surface area contributed by atoms with Crippen molar-refractivity contribution in [2.45, 2.75) is 39.2 Å². The molecule has 1 saturated heterocycles. The summed E-state index contributed by atoms with van der Waals surface area (Å²) in [6.45, 7) is 5.38. The van der Waals surface area contributed by atoms with E-state index in [0.29, 0.717) is 25.5 Å². The number of hydrogen-bond acceptors (Lipinski definition) is 4. The molecule has 0 saturated carbocycles. The Labute approximate surface area is 154 Å². The van der Waals surface area contributed by atoms with Crippen LogP contribution in [0.15, 0.2) is 23.0 Å². The number of hydrogen-bond donors (Lipinski definition) is 0. The molecule has 26 heavy (non-hydrogen) atoms. The van der Waals surface area contributed by atoms with Crippen molar-refractivity contribution >= 4 is 10.0 Å². The van der Waals surface area contributed by atoms with Crippen LogP contribution in [-0.2, 0) is 23.6 Å². The van der Waals surface area contributed by atoms with Crippen molar-refractivity contribution in [1.82, 2.24) is 18.7 Å². The van der Waals surface area contributed by atoms with E-state index in [1.54, 1.807) is 11.6 Å². The standard InChI is InChI=1S/C18H26N4O3S/c1-13-7-8-14(2)16(10-13)12-22-18(23)20(3)17(19-22)15-6-5-9-21(11-15)26(4,24)25/h7-8,10,15H,5-6,9,11-12H2,1-4H3. The van der Waals surface area contributed by atoms with Gasteiger partial charge in [-0.25, -0.2) is 22.2 Å². The first kappa shape index (κ1) is 18.8. The van der Waals surface area contributed by atoms with Crippen molar-refractivity contribution in [1.29, 1.82) is 0 Å². The molecule has 1 fully saturated rings. The Bertz CT molecular complexity index is 975. The first-order valence-electron chi connectivity index (χ1n) is 8.82. The molecule has 2 aromatic rings. The molecule has 0 spiro atoms. The lowest BCUT2D eigenvalue weighted by Crippen LogP contribution is -2.39. The Morgan fingerprint density at radius 3 is 2.69 bits per heavy atom. The van der Waals surface area contributed by atoms with Gasteiger partial charge in [-0.05, 0) is 37.8 Å². The molecule has 1 aromatic heterocycles. The second kappa shape index (κ2) is 7.00. The molecule has 0 radical (unpaired) electrons. The molecule has 0 aliphatic carbocycles. The maximum atomic E-state index is 12.6. The van der Waals surface area contributed by atoms with Crippen LogP contribution in [-0.4, -0.2) is 46.4 Å². The average molecular weight is 378 g/mol. The van der Waals surface area contributed by atoms with Crippen molar-refractivity contribution < 1.29 is 8.42 Å². The Morgan fingerprint density at radius 1 is 1.27 bits per heavy atom. The number of aryl methyl sites for hydroxylation is 2. The maximum Gasteiger partial charge on any atom is 0.345 e.